The second-order valence-electron chi connectivity index (χ2n) is 9.11. The van der Waals surface area contributed by atoms with Gasteiger partial charge in [0.15, 0.2) is 17.5 Å². The lowest BCUT2D eigenvalue weighted by Crippen LogP contribution is -2.47. The Labute approximate surface area is 216 Å². The van der Waals surface area contributed by atoms with Gasteiger partial charge < -0.3 is 19.2 Å². The Bertz CT molecular complexity index is 1520. The zero-order valence-electron chi connectivity index (χ0n) is 19.8. The van der Waals surface area contributed by atoms with Crippen LogP contribution in [0.5, 0.6) is 11.5 Å². The summed E-state index contributed by atoms with van der Waals surface area (Å²) in [6.07, 6.45) is 3.90. The summed E-state index contributed by atoms with van der Waals surface area (Å²) in [6, 6.07) is 16.3. The molecule has 0 bridgehead atoms. The molecule has 2 aromatic heterocycles. The molecule has 1 aliphatic heterocycles. The number of amides is 2. The fourth-order valence-corrected chi connectivity index (χ4v) is 5.74. The zero-order chi connectivity index (χ0) is 25.4. The first-order valence-corrected chi connectivity index (χ1v) is 13.1. The van der Waals surface area contributed by atoms with Crippen LogP contribution in [0.1, 0.15) is 47.0 Å². The Kier molecular flexibility index (Phi) is 6.13. The molecule has 6 rings (SSSR count). The highest BCUT2D eigenvalue weighted by Crippen LogP contribution is 2.39. The highest BCUT2D eigenvalue weighted by molar-refractivity contribution is 7.10. The number of nitrogens with one attached hydrogen (secondary N) is 1. The smallest absolute Gasteiger partial charge is 0.349 e. The number of hydrogen-bond acceptors (Lipinski definition) is 7. The number of anilines is 1. The van der Waals surface area contributed by atoms with Gasteiger partial charge >= 0.3 is 5.63 Å². The third-order valence-corrected chi connectivity index (χ3v) is 7.67. The van der Waals surface area contributed by atoms with E-state index in [-0.39, 0.29) is 24.3 Å². The minimum atomic E-state index is -1.00. The molecule has 2 amide bonds. The van der Waals surface area contributed by atoms with Crippen molar-refractivity contribution in [3.05, 3.63) is 86.9 Å². The standard InChI is InChI=1S/C28H24N2O6S/c31-26(29-18-7-2-3-8-18)25(24-10-5-13-37-24)30(19-11-12-22-23(15-19)35-16-34-22)27(32)20-14-17-6-1-4-9-21(17)36-28(20)33/h1,4-6,9-15,18,25H,2-3,7-8,16H2,(H,29,31)/t25-/m0/s1. The predicted octanol–water partition coefficient (Wildman–Crippen LogP) is 5.03. The molecule has 2 aliphatic rings. The lowest BCUT2D eigenvalue weighted by molar-refractivity contribution is -0.123. The summed E-state index contributed by atoms with van der Waals surface area (Å²) in [4.78, 5) is 43.1. The van der Waals surface area contributed by atoms with Crippen molar-refractivity contribution < 1.29 is 23.5 Å². The van der Waals surface area contributed by atoms with Gasteiger partial charge in [-0.1, -0.05) is 37.1 Å². The molecule has 3 heterocycles. The van der Waals surface area contributed by atoms with Gasteiger partial charge in [-0.2, -0.15) is 0 Å². The van der Waals surface area contributed by atoms with Gasteiger partial charge in [0.2, 0.25) is 12.7 Å². The number of fused-ring (bicyclic) bond motifs is 2. The average molecular weight is 517 g/mol. The molecule has 1 aliphatic carbocycles. The summed E-state index contributed by atoms with van der Waals surface area (Å²) in [7, 11) is 0. The van der Waals surface area contributed by atoms with Crippen LogP contribution >= 0.6 is 11.3 Å². The summed E-state index contributed by atoms with van der Waals surface area (Å²) >= 11 is 1.37. The molecule has 0 radical (unpaired) electrons. The molecule has 8 nitrogen and oxygen atoms in total. The van der Waals surface area contributed by atoms with E-state index in [9.17, 15) is 14.4 Å². The summed E-state index contributed by atoms with van der Waals surface area (Å²) in [6.45, 7) is 0.0670. The van der Waals surface area contributed by atoms with E-state index in [4.69, 9.17) is 13.9 Å². The number of carbonyl (C=O) groups excluding carboxylic acids is 2. The Morgan fingerprint density at radius 3 is 2.59 bits per heavy atom. The molecule has 0 unspecified atom stereocenters. The number of ether oxygens (including phenoxy) is 2. The maximum Gasteiger partial charge on any atom is 0.349 e. The minimum Gasteiger partial charge on any atom is -0.454 e. The van der Waals surface area contributed by atoms with Crippen LogP contribution in [0.4, 0.5) is 5.69 Å². The highest BCUT2D eigenvalue weighted by atomic mass is 32.1. The van der Waals surface area contributed by atoms with E-state index in [1.807, 2.05) is 17.5 Å². The van der Waals surface area contributed by atoms with Crippen molar-refractivity contribution in [2.75, 3.05) is 11.7 Å². The quantitative estimate of drug-likeness (QED) is 0.361. The molecule has 1 N–H and O–H groups in total. The summed E-state index contributed by atoms with van der Waals surface area (Å²) < 4.78 is 16.5. The largest absolute Gasteiger partial charge is 0.454 e. The molecule has 0 saturated heterocycles. The molecular weight excluding hydrogens is 492 g/mol. The van der Waals surface area contributed by atoms with E-state index in [1.54, 1.807) is 42.5 Å². The first-order chi connectivity index (χ1) is 18.1. The molecule has 1 fully saturated rings. The highest BCUT2D eigenvalue weighted by Gasteiger charge is 2.37. The van der Waals surface area contributed by atoms with Crippen LogP contribution in [0, 0.1) is 0 Å². The number of thiophene rings is 1. The second kappa shape index (κ2) is 9.74. The Hall–Kier alpha value is -4.11. The maximum atomic E-state index is 14.2. The van der Waals surface area contributed by atoms with Crippen molar-refractivity contribution in [1.29, 1.82) is 0 Å². The Morgan fingerprint density at radius 2 is 1.78 bits per heavy atom. The van der Waals surface area contributed by atoms with E-state index in [2.05, 4.69) is 5.32 Å². The molecule has 37 heavy (non-hydrogen) atoms. The van der Waals surface area contributed by atoms with Crippen molar-refractivity contribution in [3.63, 3.8) is 0 Å². The van der Waals surface area contributed by atoms with Crippen molar-refractivity contribution in [1.82, 2.24) is 5.32 Å². The van der Waals surface area contributed by atoms with Gasteiger partial charge in [-0.15, -0.1) is 11.3 Å². The first kappa shape index (κ1) is 23.3. The molecule has 9 heteroatoms. The third-order valence-electron chi connectivity index (χ3n) is 6.75. The molecule has 4 aromatic rings. The molecule has 188 valence electrons. The number of nitrogens with zero attached hydrogens (tertiary/aromatic N) is 1. The van der Waals surface area contributed by atoms with Crippen LogP contribution in [-0.4, -0.2) is 24.6 Å². The van der Waals surface area contributed by atoms with E-state index < -0.39 is 17.6 Å². The van der Waals surface area contributed by atoms with Gasteiger partial charge in [0.25, 0.3) is 5.91 Å². The lowest BCUT2D eigenvalue weighted by atomic mass is 10.1. The van der Waals surface area contributed by atoms with E-state index in [1.165, 1.54) is 22.3 Å². The van der Waals surface area contributed by atoms with Crippen LogP contribution in [0.15, 0.2) is 75.3 Å². The van der Waals surface area contributed by atoms with Crippen LogP contribution < -0.4 is 25.3 Å². The zero-order valence-corrected chi connectivity index (χ0v) is 20.7. The first-order valence-electron chi connectivity index (χ1n) is 12.2. The monoisotopic (exact) mass is 516 g/mol. The number of rotatable bonds is 6. The van der Waals surface area contributed by atoms with E-state index >= 15 is 0 Å². The van der Waals surface area contributed by atoms with Gasteiger partial charge in [-0.3, -0.25) is 14.5 Å². The van der Waals surface area contributed by atoms with Gasteiger partial charge in [0.05, 0.1) is 0 Å². The molecule has 2 aromatic carbocycles. The van der Waals surface area contributed by atoms with Gasteiger partial charge in [-0.25, -0.2) is 4.79 Å². The molecule has 0 spiro atoms. The number of hydrogen-bond donors (Lipinski definition) is 1. The van der Waals surface area contributed by atoms with Crippen molar-refractivity contribution in [2.45, 2.75) is 37.8 Å². The fraction of sp³-hybridized carbons (Fsp3) is 0.250. The second-order valence-corrected chi connectivity index (χ2v) is 10.1. The Morgan fingerprint density at radius 1 is 0.973 bits per heavy atom. The van der Waals surface area contributed by atoms with Crippen LogP contribution in [0.25, 0.3) is 11.0 Å². The average Bonchev–Trinajstić information content (AvgIpc) is 3.69. The fourth-order valence-electron chi connectivity index (χ4n) is 4.93. The Balaban J connectivity index is 1.49. The number of benzene rings is 2. The normalized spacial score (nSPS) is 15.6. The number of para-hydroxylation sites is 1. The lowest BCUT2D eigenvalue weighted by Gasteiger charge is -2.31. The van der Waals surface area contributed by atoms with Crippen molar-refractivity contribution in [2.24, 2.45) is 0 Å². The molecular formula is C28H24N2O6S. The van der Waals surface area contributed by atoms with Gasteiger partial charge in [0, 0.05) is 28.1 Å². The molecule has 1 atom stereocenters. The van der Waals surface area contributed by atoms with Gasteiger partial charge in [-0.05, 0) is 48.6 Å². The SMILES string of the molecule is O=C(NC1CCCC1)[C@H](c1cccs1)N(C(=O)c1cc2ccccc2oc1=O)c1ccc2c(c1)OCO2. The topological polar surface area (TPSA) is 98.1 Å². The minimum absolute atomic E-state index is 0.0504. The number of carbonyl (C=O) groups is 2. The van der Waals surface area contributed by atoms with Crippen LogP contribution in [0.2, 0.25) is 0 Å². The maximum absolute atomic E-state index is 14.2. The van der Waals surface area contributed by atoms with E-state index in [0.29, 0.717) is 33.0 Å². The van der Waals surface area contributed by atoms with E-state index in [0.717, 1.165) is 25.7 Å². The third kappa shape index (κ3) is 4.46. The van der Waals surface area contributed by atoms with Crippen molar-refractivity contribution in [3.8, 4) is 11.5 Å². The summed E-state index contributed by atoms with van der Waals surface area (Å²) in [5.41, 5.74) is -0.142. The summed E-state index contributed by atoms with van der Waals surface area (Å²) in [5, 5.41) is 5.61. The van der Waals surface area contributed by atoms with Crippen LogP contribution in [-0.2, 0) is 4.79 Å². The van der Waals surface area contributed by atoms with Crippen LogP contribution in [0.3, 0.4) is 0 Å². The van der Waals surface area contributed by atoms with Crippen molar-refractivity contribution >= 4 is 39.8 Å². The molecule has 1 saturated carbocycles. The predicted molar refractivity (Wildman–Crippen MR) is 139 cm³/mol. The summed E-state index contributed by atoms with van der Waals surface area (Å²) in [5.74, 6) is 0.0651. The van der Waals surface area contributed by atoms with Gasteiger partial charge in [0.1, 0.15) is 11.1 Å².